The molecular formula is C11H15ClN2O2. The summed E-state index contributed by atoms with van der Waals surface area (Å²) in [5.41, 5.74) is 1.45. The summed E-state index contributed by atoms with van der Waals surface area (Å²) in [4.78, 5) is 15.4. The van der Waals surface area contributed by atoms with Crippen molar-refractivity contribution in [2.45, 2.75) is 26.9 Å². The standard InChI is InChI=1S/C11H15ClN2O2/c1-7(2)16-6-10(15)14-9-4-8(3)11(12)13-5-9/h4-5,7H,6H2,1-3H3,(H,14,15). The Balaban J connectivity index is 2.53. The van der Waals surface area contributed by atoms with Gasteiger partial charge >= 0.3 is 0 Å². The summed E-state index contributed by atoms with van der Waals surface area (Å²) in [6, 6.07) is 1.77. The maximum atomic E-state index is 11.4. The predicted octanol–water partition coefficient (Wildman–Crippen LogP) is 2.41. The molecule has 5 heteroatoms. The van der Waals surface area contributed by atoms with Gasteiger partial charge in [-0.05, 0) is 32.4 Å². The number of hydrogen-bond donors (Lipinski definition) is 1. The van der Waals surface area contributed by atoms with Crippen LogP contribution in [0.5, 0.6) is 0 Å². The molecule has 0 fully saturated rings. The van der Waals surface area contributed by atoms with Crippen LogP contribution in [0.1, 0.15) is 19.4 Å². The fraction of sp³-hybridized carbons (Fsp3) is 0.455. The zero-order valence-corrected chi connectivity index (χ0v) is 10.3. The highest BCUT2D eigenvalue weighted by atomic mass is 35.5. The Morgan fingerprint density at radius 1 is 1.62 bits per heavy atom. The van der Waals surface area contributed by atoms with Crippen LogP contribution in [0.2, 0.25) is 5.15 Å². The van der Waals surface area contributed by atoms with Crippen LogP contribution in [-0.4, -0.2) is 23.6 Å². The Bertz CT molecular complexity index is 380. The van der Waals surface area contributed by atoms with Crippen molar-refractivity contribution in [2.24, 2.45) is 0 Å². The van der Waals surface area contributed by atoms with E-state index >= 15 is 0 Å². The van der Waals surface area contributed by atoms with Crippen LogP contribution in [0.3, 0.4) is 0 Å². The molecule has 88 valence electrons. The van der Waals surface area contributed by atoms with Crippen LogP contribution in [-0.2, 0) is 9.53 Å². The number of ether oxygens (including phenoxy) is 1. The third-order valence-electron chi connectivity index (χ3n) is 1.85. The van der Waals surface area contributed by atoms with Gasteiger partial charge in [-0.3, -0.25) is 4.79 Å². The molecule has 1 aromatic heterocycles. The van der Waals surface area contributed by atoms with Gasteiger partial charge in [0.05, 0.1) is 18.0 Å². The maximum Gasteiger partial charge on any atom is 0.250 e. The van der Waals surface area contributed by atoms with Crippen molar-refractivity contribution in [3.8, 4) is 0 Å². The number of nitrogens with one attached hydrogen (secondary N) is 1. The summed E-state index contributed by atoms with van der Waals surface area (Å²) in [6.07, 6.45) is 1.55. The first kappa shape index (κ1) is 12.9. The normalized spacial score (nSPS) is 10.6. The summed E-state index contributed by atoms with van der Waals surface area (Å²) in [6.45, 7) is 5.62. The summed E-state index contributed by atoms with van der Waals surface area (Å²) < 4.78 is 5.17. The lowest BCUT2D eigenvalue weighted by Gasteiger charge is -2.08. The van der Waals surface area contributed by atoms with Crippen molar-refractivity contribution < 1.29 is 9.53 Å². The second kappa shape index (κ2) is 5.82. The van der Waals surface area contributed by atoms with Crippen molar-refractivity contribution in [3.05, 3.63) is 23.0 Å². The molecule has 0 saturated carbocycles. The van der Waals surface area contributed by atoms with E-state index in [1.54, 1.807) is 6.07 Å². The average molecular weight is 243 g/mol. The largest absolute Gasteiger partial charge is 0.369 e. The third kappa shape index (κ3) is 4.16. The van der Waals surface area contributed by atoms with E-state index in [-0.39, 0.29) is 18.6 Å². The molecular weight excluding hydrogens is 228 g/mol. The van der Waals surface area contributed by atoms with E-state index in [1.165, 1.54) is 6.20 Å². The fourth-order valence-corrected chi connectivity index (χ4v) is 1.17. The van der Waals surface area contributed by atoms with E-state index in [0.29, 0.717) is 10.8 Å². The lowest BCUT2D eigenvalue weighted by molar-refractivity contribution is -0.121. The molecule has 0 aromatic carbocycles. The van der Waals surface area contributed by atoms with Gasteiger partial charge in [0.15, 0.2) is 0 Å². The second-order valence-corrected chi connectivity index (χ2v) is 4.10. The van der Waals surface area contributed by atoms with Crippen molar-refractivity contribution in [3.63, 3.8) is 0 Å². The van der Waals surface area contributed by atoms with Crippen molar-refractivity contribution in [1.29, 1.82) is 0 Å². The Hall–Kier alpha value is -1.13. The van der Waals surface area contributed by atoms with Gasteiger partial charge in [0.25, 0.3) is 0 Å². The monoisotopic (exact) mass is 242 g/mol. The first-order valence-electron chi connectivity index (χ1n) is 5.02. The van der Waals surface area contributed by atoms with Gasteiger partial charge in [0.2, 0.25) is 5.91 Å². The Morgan fingerprint density at radius 3 is 2.88 bits per heavy atom. The van der Waals surface area contributed by atoms with Gasteiger partial charge in [-0.15, -0.1) is 0 Å². The molecule has 1 aromatic rings. The fourth-order valence-electron chi connectivity index (χ4n) is 1.07. The molecule has 0 bridgehead atoms. The van der Waals surface area contributed by atoms with Crippen molar-refractivity contribution in [1.82, 2.24) is 4.98 Å². The van der Waals surface area contributed by atoms with Gasteiger partial charge in [-0.2, -0.15) is 0 Å². The van der Waals surface area contributed by atoms with Crippen LogP contribution in [0.15, 0.2) is 12.3 Å². The number of carbonyl (C=O) groups excluding carboxylic acids is 1. The quantitative estimate of drug-likeness (QED) is 0.825. The SMILES string of the molecule is Cc1cc(NC(=O)COC(C)C)cnc1Cl. The minimum absolute atomic E-state index is 0.0378. The van der Waals surface area contributed by atoms with Crippen molar-refractivity contribution in [2.75, 3.05) is 11.9 Å². The molecule has 16 heavy (non-hydrogen) atoms. The van der Waals surface area contributed by atoms with E-state index in [0.717, 1.165) is 5.56 Å². The van der Waals surface area contributed by atoms with Gasteiger partial charge in [0, 0.05) is 0 Å². The zero-order valence-electron chi connectivity index (χ0n) is 9.58. The molecule has 1 rings (SSSR count). The van der Waals surface area contributed by atoms with Crippen LogP contribution < -0.4 is 5.32 Å². The lowest BCUT2D eigenvalue weighted by atomic mass is 10.3. The summed E-state index contributed by atoms with van der Waals surface area (Å²) in [7, 11) is 0. The highest BCUT2D eigenvalue weighted by Crippen LogP contribution is 2.15. The Labute approximate surface area is 100.0 Å². The molecule has 0 aliphatic carbocycles. The van der Waals surface area contributed by atoms with E-state index in [2.05, 4.69) is 10.3 Å². The molecule has 1 N–H and O–H groups in total. The highest BCUT2D eigenvalue weighted by Gasteiger charge is 2.05. The molecule has 0 aliphatic rings. The first-order chi connectivity index (χ1) is 7.49. The zero-order chi connectivity index (χ0) is 12.1. The maximum absolute atomic E-state index is 11.4. The molecule has 0 spiro atoms. The van der Waals surface area contributed by atoms with Crippen molar-refractivity contribution >= 4 is 23.2 Å². The molecule has 0 radical (unpaired) electrons. The summed E-state index contributed by atoms with van der Waals surface area (Å²) in [5.74, 6) is -0.197. The molecule has 0 atom stereocenters. The van der Waals surface area contributed by atoms with Gasteiger partial charge in [-0.1, -0.05) is 11.6 Å². The summed E-state index contributed by atoms with van der Waals surface area (Å²) in [5, 5.41) is 3.12. The number of pyridine rings is 1. The number of aryl methyl sites for hydroxylation is 1. The Morgan fingerprint density at radius 2 is 2.31 bits per heavy atom. The van der Waals surface area contributed by atoms with Gasteiger partial charge in [0.1, 0.15) is 11.8 Å². The number of carbonyl (C=O) groups is 1. The molecule has 0 unspecified atom stereocenters. The average Bonchev–Trinajstić information content (AvgIpc) is 2.21. The molecule has 4 nitrogen and oxygen atoms in total. The van der Waals surface area contributed by atoms with Crippen LogP contribution in [0.4, 0.5) is 5.69 Å². The molecule has 0 saturated heterocycles. The minimum atomic E-state index is -0.197. The third-order valence-corrected chi connectivity index (χ3v) is 2.24. The number of halogens is 1. The predicted molar refractivity (Wildman–Crippen MR) is 63.7 cm³/mol. The van der Waals surface area contributed by atoms with Gasteiger partial charge < -0.3 is 10.1 Å². The summed E-state index contributed by atoms with van der Waals surface area (Å²) >= 11 is 5.77. The van der Waals surface area contributed by atoms with Crippen LogP contribution in [0, 0.1) is 6.92 Å². The number of aromatic nitrogens is 1. The smallest absolute Gasteiger partial charge is 0.250 e. The lowest BCUT2D eigenvalue weighted by Crippen LogP contribution is -2.20. The Kier molecular flexibility index (Phi) is 4.71. The molecule has 0 aliphatic heterocycles. The highest BCUT2D eigenvalue weighted by molar-refractivity contribution is 6.30. The van der Waals surface area contributed by atoms with Gasteiger partial charge in [-0.25, -0.2) is 4.98 Å². The van der Waals surface area contributed by atoms with Crippen LogP contribution >= 0.6 is 11.6 Å². The van der Waals surface area contributed by atoms with E-state index in [4.69, 9.17) is 16.3 Å². The number of anilines is 1. The molecule has 1 amide bonds. The minimum Gasteiger partial charge on any atom is -0.369 e. The van der Waals surface area contributed by atoms with E-state index in [1.807, 2.05) is 20.8 Å². The van der Waals surface area contributed by atoms with E-state index in [9.17, 15) is 4.79 Å². The topological polar surface area (TPSA) is 51.2 Å². The second-order valence-electron chi connectivity index (χ2n) is 3.74. The number of amides is 1. The van der Waals surface area contributed by atoms with E-state index < -0.39 is 0 Å². The number of hydrogen-bond acceptors (Lipinski definition) is 3. The first-order valence-corrected chi connectivity index (χ1v) is 5.40. The molecule has 1 heterocycles. The number of rotatable bonds is 4. The number of nitrogens with zero attached hydrogens (tertiary/aromatic N) is 1. The van der Waals surface area contributed by atoms with Crippen LogP contribution in [0.25, 0.3) is 0 Å².